The lowest BCUT2D eigenvalue weighted by atomic mass is 10.1. The van der Waals surface area contributed by atoms with Gasteiger partial charge < -0.3 is 0 Å². The fraction of sp³-hybridized carbons (Fsp3) is 0.300. The van der Waals surface area contributed by atoms with Crippen molar-refractivity contribution < 1.29 is 22.8 Å². The molecule has 0 aromatic heterocycles. The molecule has 0 atom stereocenters. The predicted octanol–water partition coefficient (Wildman–Crippen LogP) is 3.15. The minimum atomic E-state index is -4.51. The lowest BCUT2D eigenvalue weighted by molar-refractivity contribution is -0.138. The monoisotopic (exact) mass is 311 g/mol. The molecule has 0 aliphatic heterocycles. The average molecular weight is 312 g/mol. The summed E-state index contributed by atoms with van der Waals surface area (Å²) < 4.78 is 37.5. The number of hydrogen-bond donors (Lipinski definition) is 1. The molecule has 1 aromatic rings. The van der Waals surface area contributed by atoms with Gasteiger partial charge in [0, 0.05) is 10.0 Å². The molecule has 3 nitrogen and oxygen atoms in total. The molecule has 1 aromatic carbocycles. The molecule has 0 unspecified atom stereocenters. The highest BCUT2D eigenvalue weighted by Crippen LogP contribution is 2.35. The van der Waals surface area contributed by atoms with Crippen molar-refractivity contribution in [3.05, 3.63) is 33.8 Å². The van der Waals surface area contributed by atoms with Gasteiger partial charge in [-0.2, -0.15) is 13.2 Å². The second kappa shape index (κ2) is 5.50. The Labute approximate surface area is 104 Å². The number of nitrogens with one attached hydrogen (secondary N) is 1. The number of rotatable bonds is 3. The summed E-state index contributed by atoms with van der Waals surface area (Å²) in [4.78, 5) is 16.0. The van der Waals surface area contributed by atoms with Crippen LogP contribution in [0.15, 0.2) is 22.7 Å². The maximum absolute atomic E-state index is 12.6. The Morgan fingerprint density at radius 3 is 2.65 bits per heavy atom. The molecule has 0 radical (unpaired) electrons. The zero-order valence-corrected chi connectivity index (χ0v) is 10.4. The Bertz CT molecular complexity index is 421. The highest BCUT2D eigenvalue weighted by atomic mass is 79.9. The van der Waals surface area contributed by atoms with Gasteiger partial charge in [0.15, 0.2) is 0 Å². The largest absolute Gasteiger partial charge is 0.417 e. The van der Waals surface area contributed by atoms with Gasteiger partial charge in [-0.25, -0.2) is 5.48 Å². The fourth-order valence-corrected chi connectivity index (χ4v) is 1.55. The van der Waals surface area contributed by atoms with E-state index in [1.54, 1.807) is 6.92 Å². The molecule has 0 aliphatic rings. The van der Waals surface area contributed by atoms with Crippen molar-refractivity contribution in [2.45, 2.75) is 13.1 Å². The van der Waals surface area contributed by atoms with Crippen molar-refractivity contribution in [1.82, 2.24) is 5.48 Å². The quantitative estimate of drug-likeness (QED) is 0.871. The molecule has 0 heterocycles. The van der Waals surface area contributed by atoms with Crippen LogP contribution in [0.3, 0.4) is 0 Å². The number of hydroxylamine groups is 1. The van der Waals surface area contributed by atoms with E-state index in [0.717, 1.165) is 6.07 Å². The molecule has 0 bridgehead atoms. The highest BCUT2D eigenvalue weighted by molar-refractivity contribution is 9.10. The predicted molar refractivity (Wildman–Crippen MR) is 58.2 cm³/mol. The summed E-state index contributed by atoms with van der Waals surface area (Å²) in [6.07, 6.45) is -4.51. The standard InChI is InChI=1S/C10H9BrF3NO2/c1-2-17-15-9(16)6-3-4-8(11)7(5-6)10(12,13)14/h3-5H,2H2,1H3,(H,15,16). The minimum Gasteiger partial charge on any atom is -0.274 e. The van der Waals surface area contributed by atoms with Crippen LogP contribution in [0.5, 0.6) is 0 Å². The van der Waals surface area contributed by atoms with Crippen LogP contribution in [0.4, 0.5) is 13.2 Å². The Balaban J connectivity index is 3.00. The van der Waals surface area contributed by atoms with E-state index in [0.29, 0.717) is 0 Å². The van der Waals surface area contributed by atoms with Crippen molar-refractivity contribution in [3.63, 3.8) is 0 Å². The molecule has 1 N–H and O–H groups in total. The normalized spacial score (nSPS) is 11.4. The second-order valence-electron chi connectivity index (χ2n) is 3.06. The smallest absolute Gasteiger partial charge is 0.274 e. The zero-order chi connectivity index (χ0) is 13.1. The highest BCUT2D eigenvalue weighted by Gasteiger charge is 2.33. The molecule has 0 saturated carbocycles. The van der Waals surface area contributed by atoms with E-state index in [2.05, 4.69) is 20.8 Å². The molecular formula is C10H9BrF3NO2. The van der Waals surface area contributed by atoms with Crippen molar-refractivity contribution >= 4 is 21.8 Å². The van der Waals surface area contributed by atoms with E-state index in [-0.39, 0.29) is 16.6 Å². The van der Waals surface area contributed by atoms with Gasteiger partial charge >= 0.3 is 6.18 Å². The summed E-state index contributed by atoms with van der Waals surface area (Å²) in [5.74, 6) is -0.718. The first-order valence-corrected chi connectivity index (χ1v) is 5.44. The SMILES string of the molecule is CCONC(=O)c1ccc(Br)c(C(F)(F)F)c1. The molecule has 94 valence electrons. The first kappa shape index (κ1) is 14.0. The molecule has 0 fully saturated rings. The molecule has 7 heteroatoms. The van der Waals surface area contributed by atoms with Crippen LogP contribution in [-0.4, -0.2) is 12.5 Å². The third-order valence-corrected chi connectivity index (χ3v) is 2.53. The minimum absolute atomic E-state index is 0.113. The van der Waals surface area contributed by atoms with Gasteiger partial charge in [0.2, 0.25) is 0 Å². The van der Waals surface area contributed by atoms with Crippen molar-refractivity contribution in [2.75, 3.05) is 6.61 Å². The van der Waals surface area contributed by atoms with Gasteiger partial charge in [-0.05, 0) is 25.1 Å². The van der Waals surface area contributed by atoms with E-state index in [9.17, 15) is 18.0 Å². The van der Waals surface area contributed by atoms with Crippen LogP contribution in [0.25, 0.3) is 0 Å². The first-order valence-electron chi connectivity index (χ1n) is 4.65. The number of benzene rings is 1. The van der Waals surface area contributed by atoms with Gasteiger partial charge in [0.05, 0.1) is 12.2 Å². The van der Waals surface area contributed by atoms with Crippen LogP contribution in [0.2, 0.25) is 0 Å². The number of hydrogen-bond acceptors (Lipinski definition) is 2. The lowest BCUT2D eigenvalue weighted by Gasteiger charge is -2.11. The van der Waals surface area contributed by atoms with Crippen LogP contribution >= 0.6 is 15.9 Å². The summed E-state index contributed by atoms with van der Waals surface area (Å²) >= 11 is 2.79. The van der Waals surface area contributed by atoms with Crippen molar-refractivity contribution in [1.29, 1.82) is 0 Å². The molecule has 0 aliphatic carbocycles. The Kier molecular flexibility index (Phi) is 4.53. The number of amides is 1. The number of carbonyl (C=O) groups excluding carboxylic acids is 1. The summed E-state index contributed by atoms with van der Waals surface area (Å²) in [5, 5.41) is 0. The summed E-state index contributed by atoms with van der Waals surface area (Å²) in [7, 11) is 0. The Hall–Kier alpha value is -1.08. The summed E-state index contributed by atoms with van der Waals surface area (Å²) in [6.45, 7) is 1.87. The van der Waals surface area contributed by atoms with E-state index < -0.39 is 17.6 Å². The van der Waals surface area contributed by atoms with Gasteiger partial charge in [-0.3, -0.25) is 9.63 Å². The van der Waals surface area contributed by atoms with E-state index in [4.69, 9.17) is 0 Å². The van der Waals surface area contributed by atoms with E-state index in [1.165, 1.54) is 12.1 Å². The van der Waals surface area contributed by atoms with Crippen LogP contribution in [-0.2, 0) is 11.0 Å². The van der Waals surface area contributed by atoms with Crippen LogP contribution in [0.1, 0.15) is 22.8 Å². The molecule has 0 saturated heterocycles. The third-order valence-electron chi connectivity index (χ3n) is 1.84. The molecule has 0 spiro atoms. The molecule has 17 heavy (non-hydrogen) atoms. The zero-order valence-electron chi connectivity index (χ0n) is 8.77. The third kappa shape index (κ3) is 3.71. The Morgan fingerprint density at radius 2 is 2.12 bits per heavy atom. The lowest BCUT2D eigenvalue weighted by Crippen LogP contribution is -2.24. The average Bonchev–Trinajstić information content (AvgIpc) is 2.25. The van der Waals surface area contributed by atoms with E-state index in [1.807, 2.05) is 5.48 Å². The second-order valence-corrected chi connectivity index (χ2v) is 3.91. The maximum Gasteiger partial charge on any atom is 0.417 e. The summed E-state index contributed by atoms with van der Waals surface area (Å²) in [5.41, 5.74) is 1.01. The number of carbonyl (C=O) groups is 1. The summed E-state index contributed by atoms with van der Waals surface area (Å²) in [6, 6.07) is 3.20. The van der Waals surface area contributed by atoms with Gasteiger partial charge in [-0.15, -0.1) is 0 Å². The van der Waals surface area contributed by atoms with Gasteiger partial charge in [0.1, 0.15) is 0 Å². The Morgan fingerprint density at radius 1 is 1.47 bits per heavy atom. The van der Waals surface area contributed by atoms with Gasteiger partial charge in [-0.1, -0.05) is 15.9 Å². The van der Waals surface area contributed by atoms with Crippen molar-refractivity contribution in [2.24, 2.45) is 0 Å². The number of halogens is 4. The van der Waals surface area contributed by atoms with Gasteiger partial charge in [0.25, 0.3) is 5.91 Å². The molecule has 1 amide bonds. The topological polar surface area (TPSA) is 38.3 Å². The fourth-order valence-electron chi connectivity index (χ4n) is 1.08. The van der Waals surface area contributed by atoms with Crippen molar-refractivity contribution in [3.8, 4) is 0 Å². The van der Waals surface area contributed by atoms with Crippen LogP contribution in [0, 0.1) is 0 Å². The van der Waals surface area contributed by atoms with E-state index >= 15 is 0 Å². The molecule has 1 rings (SSSR count). The molecular weight excluding hydrogens is 303 g/mol. The van der Waals surface area contributed by atoms with Crippen LogP contribution < -0.4 is 5.48 Å². The maximum atomic E-state index is 12.6. The number of alkyl halides is 3. The first-order chi connectivity index (χ1) is 7.86.